The second-order valence-corrected chi connectivity index (χ2v) is 6.59. The Morgan fingerprint density at radius 1 is 1.33 bits per heavy atom. The van der Waals surface area contributed by atoms with E-state index in [9.17, 15) is 4.39 Å². The third-order valence-corrected chi connectivity index (χ3v) is 4.20. The summed E-state index contributed by atoms with van der Waals surface area (Å²) in [6.45, 7) is 5.65. The van der Waals surface area contributed by atoms with Crippen LogP contribution in [0.3, 0.4) is 0 Å². The molecule has 8 heteroatoms. The first kappa shape index (κ1) is 23.4. The van der Waals surface area contributed by atoms with Crippen molar-refractivity contribution in [3.8, 4) is 0 Å². The SMILES string of the molecule is CCNC(=NCc1ccc(C)c(F)c1)NCC(c1cnn(C)c1)N(C)C.I. The Bertz CT molecular complexity index is 744. The van der Waals surface area contributed by atoms with Gasteiger partial charge in [0.2, 0.25) is 0 Å². The summed E-state index contributed by atoms with van der Waals surface area (Å²) in [6, 6.07) is 5.40. The molecule has 0 saturated carbocycles. The van der Waals surface area contributed by atoms with Crippen LogP contribution in [-0.2, 0) is 13.6 Å². The van der Waals surface area contributed by atoms with Crippen LogP contribution in [0.15, 0.2) is 35.6 Å². The van der Waals surface area contributed by atoms with Gasteiger partial charge in [0.05, 0.1) is 18.8 Å². The first-order valence-corrected chi connectivity index (χ1v) is 8.83. The van der Waals surface area contributed by atoms with Gasteiger partial charge in [-0.05, 0) is 45.1 Å². The van der Waals surface area contributed by atoms with Crippen LogP contribution in [0.25, 0.3) is 0 Å². The molecule has 0 aliphatic rings. The smallest absolute Gasteiger partial charge is 0.191 e. The fourth-order valence-electron chi connectivity index (χ4n) is 2.65. The number of likely N-dealkylation sites (N-methyl/N-ethyl adjacent to an activating group) is 1. The van der Waals surface area contributed by atoms with Crippen molar-refractivity contribution in [3.63, 3.8) is 0 Å². The molecule has 1 aromatic carbocycles. The van der Waals surface area contributed by atoms with Crippen molar-refractivity contribution in [1.29, 1.82) is 0 Å². The van der Waals surface area contributed by atoms with Gasteiger partial charge in [-0.2, -0.15) is 5.10 Å². The van der Waals surface area contributed by atoms with Gasteiger partial charge in [0.1, 0.15) is 5.82 Å². The molecular formula is C19H30FIN6. The second kappa shape index (κ2) is 11.2. The average Bonchev–Trinajstić information content (AvgIpc) is 3.01. The number of rotatable bonds is 7. The summed E-state index contributed by atoms with van der Waals surface area (Å²) < 4.78 is 15.5. The van der Waals surface area contributed by atoms with Gasteiger partial charge in [-0.1, -0.05) is 12.1 Å². The van der Waals surface area contributed by atoms with E-state index in [0.29, 0.717) is 24.6 Å². The Kier molecular flexibility index (Phi) is 9.71. The van der Waals surface area contributed by atoms with Crippen LogP contribution in [0.2, 0.25) is 0 Å². The number of hydrogen-bond donors (Lipinski definition) is 2. The van der Waals surface area contributed by atoms with Crippen LogP contribution in [-0.4, -0.2) is 47.8 Å². The molecule has 1 aromatic heterocycles. The summed E-state index contributed by atoms with van der Waals surface area (Å²) >= 11 is 0. The van der Waals surface area contributed by atoms with Gasteiger partial charge in [0, 0.05) is 31.9 Å². The van der Waals surface area contributed by atoms with E-state index in [1.165, 1.54) is 0 Å². The fourth-order valence-corrected chi connectivity index (χ4v) is 2.65. The molecule has 2 rings (SSSR count). The molecule has 2 N–H and O–H groups in total. The third kappa shape index (κ3) is 7.10. The van der Waals surface area contributed by atoms with E-state index in [-0.39, 0.29) is 35.8 Å². The standard InChI is InChI=1S/C19H29FN6.HI/c1-6-21-19(22-10-15-8-7-14(2)17(20)9-15)23-12-18(25(3)4)16-11-24-26(5)13-16;/h7-9,11,13,18H,6,10,12H2,1-5H3,(H2,21,22,23);1H. The second-order valence-electron chi connectivity index (χ2n) is 6.59. The van der Waals surface area contributed by atoms with Gasteiger partial charge in [0.25, 0.3) is 0 Å². The number of aryl methyl sites for hydroxylation is 2. The Hall–Kier alpha value is -1.68. The Morgan fingerprint density at radius 2 is 2.07 bits per heavy atom. The van der Waals surface area contributed by atoms with Gasteiger partial charge in [-0.15, -0.1) is 24.0 Å². The third-order valence-electron chi connectivity index (χ3n) is 4.20. The minimum Gasteiger partial charge on any atom is -0.357 e. The number of aromatic nitrogens is 2. The van der Waals surface area contributed by atoms with E-state index in [4.69, 9.17) is 0 Å². The van der Waals surface area contributed by atoms with Gasteiger partial charge in [-0.3, -0.25) is 4.68 Å². The van der Waals surface area contributed by atoms with E-state index >= 15 is 0 Å². The number of halogens is 2. The molecule has 27 heavy (non-hydrogen) atoms. The molecule has 150 valence electrons. The zero-order valence-corrected chi connectivity index (χ0v) is 19.0. The lowest BCUT2D eigenvalue weighted by Crippen LogP contribution is -2.41. The van der Waals surface area contributed by atoms with Crippen molar-refractivity contribution in [3.05, 3.63) is 53.1 Å². The Morgan fingerprint density at radius 3 is 2.63 bits per heavy atom. The quantitative estimate of drug-likeness (QED) is 0.358. The van der Waals surface area contributed by atoms with Crippen molar-refractivity contribution >= 4 is 29.9 Å². The minimum atomic E-state index is -0.195. The van der Waals surface area contributed by atoms with Gasteiger partial charge in [-0.25, -0.2) is 9.38 Å². The lowest BCUT2D eigenvalue weighted by atomic mass is 10.1. The number of benzene rings is 1. The Balaban J connectivity index is 0.00000364. The normalized spacial score (nSPS) is 12.6. The minimum absolute atomic E-state index is 0. The lowest BCUT2D eigenvalue weighted by Gasteiger charge is -2.24. The zero-order chi connectivity index (χ0) is 19.1. The maximum absolute atomic E-state index is 13.7. The molecule has 6 nitrogen and oxygen atoms in total. The van der Waals surface area contributed by atoms with Crippen LogP contribution < -0.4 is 10.6 Å². The molecule has 1 heterocycles. The molecular weight excluding hydrogens is 458 g/mol. The van der Waals surface area contributed by atoms with Gasteiger partial charge < -0.3 is 15.5 Å². The lowest BCUT2D eigenvalue weighted by molar-refractivity contribution is 0.298. The molecule has 0 radical (unpaired) electrons. The number of nitrogens with zero attached hydrogens (tertiary/aromatic N) is 4. The summed E-state index contributed by atoms with van der Waals surface area (Å²) in [5.41, 5.74) is 2.64. The van der Waals surface area contributed by atoms with Crippen molar-refractivity contribution in [2.75, 3.05) is 27.2 Å². The number of aliphatic imine (C=N–C) groups is 1. The van der Waals surface area contributed by atoms with Crippen LogP contribution >= 0.6 is 24.0 Å². The van der Waals surface area contributed by atoms with E-state index in [2.05, 4.69) is 25.6 Å². The van der Waals surface area contributed by atoms with Crippen LogP contribution in [0, 0.1) is 12.7 Å². The topological polar surface area (TPSA) is 57.5 Å². The summed E-state index contributed by atoms with van der Waals surface area (Å²) in [4.78, 5) is 6.71. The summed E-state index contributed by atoms with van der Waals surface area (Å²) in [5, 5.41) is 10.9. The van der Waals surface area contributed by atoms with Crippen molar-refractivity contribution in [2.24, 2.45) is 12.0 Å². The highest BCUT2D eigenvalue weighted by Gasteiger charge is 2.16. The molecule has 0 fully saturated rings. The number of nitrogens with one attached hydrogen (secondary N) is 2. The highest BCUT2D eigenvalue weighted by molar-refractivity contribution is 14.0. The van der Waals surface area contributed by atoms with Crippen molar-refractivity contribution < 1.29 is 4.39 Å². The average molecular weight is 488 g/mol. The molecule has 0 saturated heterocycles. The zero-order valence-electron chi connectivity index (χ0n) is 16.7. The number of guanidine groups is 1. The molecule has 0 spiro atoms. The van der Waals surface area contributed by atoms with Gasteiger partial charge >= 0.3 is 0 Å². The molecule has 0 amide bonds. The fraction of sp³-hybridized carbons (Fsp3) is 0.474. The van der Waals surface area contributed by atoms with E-state index in [1.807, 2.05) is 46.5 Å². The molecule has 2 aromatic rings. The number of hydrogen-bond acceptors (Lipinski definition) is 3. The molecule has 0 aliphatic heterocycles. The Labute approximate surface area is 178 Å². The maximum atomic E-state index is 13.7. The van der Waals surface area contributed by atoms with E-state index < -0.39 is 0 Å². The predicted octanol–water partition coefficient (Wildman–Crippen LogP) is 2.84. The summed E-state index contributed by atoms with van der Waals surface area (Å²) in [7, 11) is 5.99. The summed E-state index contributed by atoms with van der Waals surface area (Å²) in [5.74, 6) is 0.518. The predicted molar refractivity (Wildman–Crippen MR) is 119 cm³/mol. The van der Waals surface area contributed by atoms with E-state index in [1.54, 1.807) is 23.7 Å². The first-order valence-electron chi connectivity index (χ1n) is 8.83. The highest BCUT2D eigenvalue weighted by atomic mass is 127. The van der Waals surface area contributed by atoms with Crippen LogP contribution in [0.1, 0.15) is 29.7 Å². The van der Waals surface area contributed by atoms with Crippen molar-refractivity contribution in [2.45, 2.75) is 26.4 Å². The highest BCUT2D eigenvalue weighted by Crippen LogP contribution is 2.16. The summed E-state index contributed by atoms with van der Waals surface area (Å²) in [6.07, 6.45) is 3.90. The van der Waals surface area contributed by atoms with Crippen LogP contribution in [0.5, 0.6) is 0 Å². The maximum Gasteiger partial charge on any atom is 0.191 e. The first-order chi connectivity index (χ1) is 12.4. The van der Waals surface area contributed by atoms with Crippen molar-refractivity contribution in [1.82, 2.24) is 25.3 Å². The van der Waals surface area contributed by atoms with Gasteiger partial charge in [0.15, 0.2) is 5.96 Å². The van der Waals surface area contributed by atoms with Crippen LogP contribution in [0.4, 0.5) is 4.39 Å². The molecule has 1 atom stereocenters. The van der Waals surface area contributed by atoms with E-state index in [0.717, 1.165) is 17.7 Å². The monoisotopic (exact) mass is 488 g/mol. The molecule has 1 unspecified atom stereocenters. The molecule has 0 bridgehead atoms. The largest absolute Gasteiger partial charge is 0.357 e. The molecule has 0 aliphatic carbocycles.